The third kappa shape index (κ3) is 3.56. The Labute approximate surface area is 119 Å². The van der Waals surface area contributed by atoms with Gasteiger partial charge in [0.1, 0.15) is 0 Å². The number of halogens is 2. The summed E-state index contributed by atoms with van der Waals surface area (Å²) in [6.07, 6.45) is 0. The molecule has 0 aliphatic rings. The number of carbonyl (C=O) groups is 1. The number of hydrogen-bond donors (Lipinski definition) is 1. The summed E-state index contributed by atoms with van der Waals surface area (Å²) in [6.45, 7) is 1.97. The maximum atomic E-state index is 12.2. The van der Waals surface area contributed by atoms with Crippen LogP contribution in [0.5, 0.6) is 0 Å². The molecule has 1 amide bonds. The second-order valence-electron chi connectivity index (χ2n) is 3.65. The maximum Gasteiger partial charge on any atom is 0.271 e. The average molecular weight is 307 g/mol. The second-order valence-corrected chi connectivity index (χ2v) is 4.44. The summed E-state index contributed by atoms with van der Waals surface area (Å²) in [7, 11) is 0. The molecule has 1 rings (SSSR count). The quantitative estimate of drug-likeness (QED) is 0.668. The number of nitro groups is 1. The van der Waals surface area contributed by atoms with Crippen LogP contribution >= 0.6 is 23.2 Å². The van der Waals surface area contributed by atoms with Crippen molar-refractivity contribution in [3.8, 4) is 0 Å². The molecule has 0 saturated carbocycles. The summed E-state index contributed by atoms with van der Waals surface area (Å²) < 4.78 is 0. The van der Waals surface area contributed by atoms with E-state index >= 15 is 0 Å². The van der Waals surface area contributed by atoms with Crippen molar-refractivity contribution in [1.29, 1.82) is 0 Å². The normalized spacial score (nSPS) is 10.3. The Hall–Kier alpha value is -1.37. The van der Waals surface area contributed by atoms with Gasteiger partial charge in [0.25, 0.3) is 11.6 Å². The van der Waals surface area contributed by atoms with Crippen molar-refractivity contribution in [3.05, 3.63) is 37.9 Å². The minimum absolute atomic E-state index is 0.0337. The number of amides is 1. The fraction of sp³-hybridized carbons (Fsp3) is 0.364. The Morgan fingerprint density at radius 1 is 1.47 bits per heavy atom. The monoisotopic (exact) mass is 306 g/mol. The van der Waals surface area contributed by atoms with Gasteiger partial charge in [0.15, 0.2) is 0 Å². The highest BCUT2D eigenvalue weighted by atomic mass is 35.5. The molecule has 0 aliphatic heterocycles. The van der Waals surface area contributed by atoms with E-state index in [4.69, 9.17) is 28.3 Å². The van der Waals surface area contributed by atoms with Crippen molar-refractivity contribution in [2.75, 3.05) is 19.7 Å². The van der Waals surface area contributed by atoms with Crippen LogP contribution < -0.4 is 0 Å². The summed E-state index contributed by atoms with van der Waals surface area (Å²) in [5.41, 5.74) is -0.353. The van der Waals surface area contributed by atoms with Crippen LogP contribution in [0.2, 0.25) is 10.0 Å². The summed E-state index contributed by atoms with van der Waals surface area (Å²) in [4.78, 5) is 23.6. The molecule has 19 heavy (non-hydrogen) atoms. The first-order valence-electron chi connectivity index (χ1n) is 5.45. The predicted molar refractivity (Wildman–Crippen MR) is 71.8 cm³/mol. The number of rotatable bonds is 5. The number of nitrogens with zero attached hydrogens (tertiary/aromatic N) is 2. The van der Waals surface area contributed by atoms with Crippen LogP contribution in [-0.2, 0) is 0 Å². The topological polar surface area (TPSA) is 83.7 Å². The van der Waals surface area contributed by atoms with Crippen molar-refractivity contribution >= 4 is 34.8 Å². The van der Waals surface area contributed by atoms with E-state index in [1.807, 2.05) is 0 Å². The van der Waals surface area contributed by atoms with Crippen molar-refractivity contribution in [1.82, 2.24) is 4.90 Å². The molecule has 0 atom stereocenters. The summed E-state index contributed by atoms with van der Waals surface area (Å²) in [5.74, 6) is -0.507. The Kier molecular flexibility index (Phi) is 5.53. The smallest absolute Gasteiger partial charge is 0.271 e. The van der Waals surface area contributed by atoms with E-state index < -0.39 is 10.8 Å². The molecule has 0 aliphatic carbocycles. The lowest BCUT2D eigenvalue weighted by Crippen LogP contribution is -2.33. The fourth-order valence-corrected chi connectivity index (χ4v) is 1.93. The molecule has 0 saturated heterocycles. The van der Waals surface area contributed by atoms with Crippen molar-refractivity contribution in [2.24, 2.45) is 0 Å². The Morgan fingerprint density at radius 2 is 2.11 bits per heavy atom. The number of aliphatic hydroxyl groups is 1. The second kappa shape index (κ2) is 6.70. The van der Waals surface area contributed by atoms with E-state index in [0.717, 1.165) is 12.1 Å². The zero-order valence-electron chi connectivity index (χ0n) is 10.1. The average Bonchev–Trinajstić information content (AvgIpc) is 2.37. The number of non-ortho nitro benzene ring substituents is 1. The van der Waals surface area contributed by atoms with Gasteiger partial charge in [-0.1, -0.05) is 23.2 Å². The zero-order valence-corrected chi connectivity index (χ0v) is 11.6. The number of aliphatic hydroxyl groups excluding tert-OH is 1. The van der Waals surface area contributed by atoms with E-state index in [1.165, 1.54) is 4.90 Å². The fourth-order valence-electron chi connectivity index (χ4n) is 1.53. The molecule has 0 heterocycles. The Bertz CT molecular complexity index is 508. The van der Waals surface area contributed by atoms with E-state index in [-0.39, 0.29) is 34.4 Å². The van der Waals surface area contributed by atoms with Gasteiger partial charge in [0.05, 0.1) is 27.1 Å². The lowest BCUT2D eigenvalue weighted by Gasteiger charge is -2.20. The van der Waals surface area contributed by atoms with Gasteiger partial charge in [0, 0.05) is 25.2 Å². The number of carbonyl (C=O) groups excluding carboxylic acids is 1. The van der Waals surface area contributed by atoms with Gasteiger partial charge in [-0.15, -0.1) is 0 Å². The third-order valence-electron chi connectivity index (χ3n) is 2.49. The molecule has 104 valence electrons. The standard InChI is InChI=1S/C11H12Cl2N2O4/c1-2-14(3-4-16)11(17)8-5-7(15(18)19)6-9(12)10(8)13/h5-6,16H,2-4H2,1H3. The highest BCUT2D eigenvalue weighted by Gasteiger charge is 2.22. The third-order valence-corrected chi connectivity index (χ3v) is 3.30. The van der Waals surface area contributed by atoms with Gasteiger partial charge in [-0.25, -0.2) is 0 Å². The van der Waals surface area contributed by atoms with Gasteiger partial charge in [0.2, 0.25) is 0 Å². The van der Waals surface area contributed by atoms with Crippen LogP contribution in [0.25, 0.3) is 0 Å². The highest BCUT2D eigenvalue weighted by Crippen LogP contribution is 2.31. The molecule has 0 aromatic heterocycles. The molecule has 1 aromatic carbocycles. The van der Waals surface area contributed by atoms with Crippen molar-refractivity contribution < 1.29 is 14.8 Å². The highest BCUT2D eigenvalue weighted by molar-refractivity contribution is 6.44. The Balaban J connectivity index is 3.25. The van der Waals surface area contributed by atoms with Gasteiger partial charge in [-0.05, 0) is 6.92 Å². The maximum absolute atomic E-state index is 12.2. The zero-order chi connectivity index (χ0) is 14.6. The van der Waals surface area contributed by atoms with Gasteiger partial charge < -0.3 is 10.0 Å². The Morgan fingerprint density at radius 3 is 2.58 bits per heavy atom. The van der Waals surface area contributed by atoms with Crippen LogP contribution in [-0.4, -0.2) is 40.5 Å². The summed E-state index contributed by atoms with van der Waals surface area (Å²) in [6, 6.07) is 2.17. The lowest BCUT2D eigenvalue weighted by molar-refractivity contribution is -0.384. The SMILES string of the molecule is CCN(CCO)C(=O)c1cc([N+](=O)[O-])cc(Cl)c1Cl. The molecule has 0 spiro atoms. The number of hydrogen-bond acceptors (Lipinski definition) is 4. The van der Waals surface area contributed by atoms with E-state index in [0.29, 0.717) is 6.54 Å². The molecule has 6 nitrogen and oxygen atoms in total. The van der Waals surface area contributed by atoms with Crippen LogP contribution in [0, 0.1) is 10.1 Å². The summed E-state index contributed by atoms with van der Waals surface area (Å²) in [5, 5.41) is 19.5. The molecule has 0 fully saturated rings. The van der Waals surface area contributed by atoms with Crippen LogP contribution in [0.4, 0.5) is 5.69 Å². The van der Waals surface area contributed by atoms with Crippen LogP contribution in [0.15, 0.2) is 12.1 Å². The van der Waals surface area contributed by atoms with Gasteiger partial charge >= 0.3 is 0 Å². The van der Waals surface area contributed by atoms with Crippen molar-refractivity contribution in [2.45, 2.75) is 6.92 Å². The first kappa shape index (κ1) is 15.7. The van der Waals surface area contributed by atoms with E-state index in [9.17, 15) is 14.9 Å². The minimum atomic E-state index is -0.651. The predicted octanol–water partition coefficient (Wildman–Crippen LogP) is 2.36. The molecule has 0 radical (unpaired) electrons. The molecule has 0 unspecified atom stereocenters. The number of benzene rings is 1. The molecule has 8 heteroatoms. The first-order valence-corrected chi connectivity index (χ1v) is 6.21. The first-order chi connectivity index (χ1) is 8.92. The van der Waals surface area contributed by atoms with Crippen molar-refractivity contribution in [3.63, 3.8) is 0 Å². The van der Waals surface area contributed by atoms with Gasteiger partial charge in [-0.3, -0.25) is 14.9 Å². The van der Waals surface area contributed by atoms with E-state index in [2.05, 4.69) is 0 Å². The molecule has 0 bridgehead atoms. The molecular weight excluding hydrogens is 295 g/mol. The van der Waals surface area contributed by atoms with Crippen LogP contribution in [0.1, 0.15) is 17.3 Å². The van der Waals surface area contributed by atoms with E-state index in [1.54, 1.807) is 6.92 Å². The lowest BCUT2D eigenvalue weighted by atomic mass is 10.1. The molecule has 1 N–H and O–H groups in total. The number of nitro benzene ring substituents is 1. The van der Waals surface area contributed by atoms with Crippen LogP contribution in [0.3, 0.4) is 0 Å². The summed E-state index contributed by atoms with van der Waals surface area (Å²) >= 11 is 11.7. The molecule has 1 aromatic rings. The largest absolute Gasteiger partial charge is 0.395 e. The number of likely N-dealkylation sites (N-methyl/N-ethyl adjacent to an activating group) is 1. The van der Waals surface area contributed by atoms with Gasteiger partial charge in [-0.2, -0.15) is 0 Å². The minimum Gasteiger partial charge on any atom is -0.395 e. The molecular formula is C11H12Cl2N2O4.